The van der Waals surface area contributed by atoms with Gasteiger partial charge in [0.25, 0.3) is 0 Å². The first-order valence-corrected chi connectivity index (χ1v) is 8.25. The monoisotopic (exact) mass is 346 g/mol. The van der Waals surface area contributed by atoms with E-state index in [9.17, 15) is 23.2 Å². The molecule has 2 aliphatic carbocycles. The van der Waals surface area contributed by atoms with E-state index in [1.54, 1.807) is 0 Å². The second-order valence-electron chi connectivity index (χ2n) is 6.72. The summed E-state index contributed by atoms with van der Waals surface area (Å²) in [5.74, 6) is -3.28. The molecule has 3 amide bonds. The molecule has 1 saturated heterocycles. The molecule has 2 bridgehead atoms. The lowest BCUT2D eigenvalue weighted by molar-refractivity contribution is -0.140. The minimum absolute atomic E-state index is 0.0774. The molecule has 0 unspecified atom stereocenters. The number of carbonyl (C=O) groups is 3. The first-order valence-electron chi connectivity index (χ1n) is 8.25. The van der Waals surface area contributed by atoms with E-state index in [2.05, 4.69) is 5.32 Å². The predicted molar refractivity (Wildman–Crippen MR) is 84.0 cm³/mol. The molecule has 1 heterocycles. The number of imide groups is 1. The topological polar surface area (TPSA) is 66.5 Å². The van der Waals surface area contributed by atoms with Gasteiger partial charge >= 0.3 is 0 Å². The fourth-order valence-corrected chi connectivity index (χ4v) is 4.22. The number of hydrogen-bond acceptors (Lipinski definition) is 3. The number of anilines is 1. The van der Waals surface area contributed by atoms with Crippen LogP contribution in [0.25, 0.3) is 0 Å². The fourth-order valence-electron chi connectivity index (χ4n) is 4.22. The molecule has 0 aromatic heterocycles. The third-order valence-corrected chi connectivity index (χ3v) is 5.35. The van der Waals surface area contributed by atoms with Crippen molar-refractivity contribution in [2.75, 3.05) is 11.9 Å². The molecule has 7 heteroatoms. The van der Waals surface area contributed by atoms with Gasteiger partial charge in [0.15, 0.2) is 0 Å². The van der Waals surface area contributed by atoms with Gasteiger partial charge in [0, 0.05) is 13.0 Å². The normalized spacial score (nSPS) is 29.4. The van der Waals surface area contributed by atoms with Crippen LogP contribution >= 0.6 is 0 Å². The van der Waals surface area contributed by atoms with E-state index in [1.165, 1.54) is 6.07 Å². The second-order valence-corrected chi connectivity index (χ2v) is 6.72. The molecule has 4 rings (SSSR count). The van der Waals surface area contributed by atoms with Crippen molar-refractivity contribution in [3.05, 3.63) is 42.0 Å². The highest BCUT2D eigenvalue weighted by molar-refractivity contribution is 6.06. The Labute approximate surface area is 142 Å². The predicted octanol–water partition coefficient (Wildman–Crippen LogP) is 2.10. The summed E-state index contributed by atoms with van der Waals surface area (Å²) in [5, 5.41) is 2.16. The molecule has 25 heavy (non-hydrogen) atoms. The van der Waals surface area contributed by atoms with Gasteiger partial charge in [-0.1, -0.05) is 18.2 Å². The van der Waals surface area contributed by atoms with Crippen LogP contribution < -0.4 is 5.32 Å². The number of amides is 3. The number of benzene rings is 1. The molecular weight excluding hydrogens is 330 g/mol. The Morgan fingerprint density at radius 1 is 1.08 bits per heavy atom. The molecule has 1 aromatic carbocycles. The van der Waals surface area contributed by atoms with Crippen molar-refractivity contribution >= 4 is 23.4 Å². The quantitative estimate of drug-likeness (QED) is 0.671. The van der Waals surface area contributed by atoms with E-state index in [0.29, 0.717) is 0 Å². The average molecular weight is 346 g/mol. The largest absolute Gasteiger partial charge is 0.321 e. The van der Waals surface area contributed by atoms with Crippen molar-refractivity contribution in [2.24, 2.45) is 23.7 Å². The maximum absolute atomic E-state index is 13.5. The molecule has 1 aromatic rings. The van der Waals surface area contributed by atoms with Gasteiger partial charge in [-0.25, -0.2) is 8.78 Å². The highest BCUT2D eigenvalue weighted by atomic mass is 19.1. The first kappa shape index (κ1) is 15.9. The highest BCUT2D eigenvalue weighted by Crippen LogP contribution is 2.52. The van der Waals surface area contributed by atoms with Crippen LogP contribution in [0.2, 0.25) is 0 Å². The summed E-state index contributed by atoms with van der Waals surface area (Å²) in [7, 11) is 0. The Morgan fingerprint density at radius 3 is 2.20 bits per heavy atom. The number of halogens is 2. The fraction of sp³-hybridized carbons (Fsp3) is 0.389. The summed E-state index contributed by atoms with van der Waals surface area (Å²) in [6, 6.07) is 3.27. The van der Waals surface area contributed by atoms with Crippen LogP contribution in [0.4, 0.5) is 14.5 Å². The number of para-hydroxylation sites is 1. The zero-order valence-electron chi connectivity index (χ0n) is 13.2. The van der Waals surface area contributed by atoms with Crippen molar-refractivity contribution in [3.63, 3.8) is 0 Å². The Kier molecular flexibility index (Phi) is 3.67. The number of carbonyl (C=O) groups excluding carboxylic acids is 3. The molecule has 2 fully saturated rings. The Bertz CT molecular complexity index is 757. The van der Waals surface area contributed by atoms with Crippen LogP contribution in [-0.4, -0.2) is 29.2 Å². The molecule has 1 N–H and O–H groups in total. The Hall–Kier alpha value is -2.57. The number of nitrogens with one attached hydrogen (secondary N) is 1. The van der Waals surface area contributed by atoms with E-state index in [-0.39, 0.29) is 48.5 Å². The van der Waals surface area contributed by atoms with Crippen molar-refractivity contribution in [1.82, 2.24) is 4.90 Å². The molecule has 0 spiro atoms. The second kappa shape index (κ2) is 5.75. The summed E-state index contributed by atoms with van der Waals surface area (Å²) < 4.78 is 27.1. The van der Waals surface area contributed by atoms with Crippen molar-refractivity contribution < 1.29 is 23.2 Å². The molecule has 0 radical (unpaired) electrons. The van der Waals surface area contributed by atoms with Crippen molar-refractivity contribution in [2.45, 2.75) is 12.8 Å². The Morgan fingerprint density at radius 2 is 1.64 bits per heavy atom. The molecule has 1 aliphatic heterocycles. The van der Waals surface area contributed by atoms with Gasteiger partial charge in [0.2, 0.25) is 17.7 Å². The van der Waals surface area contributed by atoms with Crippen LogP contribution in [0.3, 0.4) is 0 Å². The van der Waals surface area contributed by atoms with Crippen LogP contribution in [0.15, 0.2) is 30.4 Å². The minimum Gasteiger partial charge on any atom is -0.321 e. The van der Waals surface area contributed by atoms with Gasteiger partial charge in [-0.05, 0) is 30.4 Å². The number of hydrogen-bond donors (Lipinski definition) is 1. The number of rotatable bonds is 4. The maximum atomic E-state index is 13.5. The lowest BCUT2D eigenvalue weighted by Crippen LogP contribution is -2.35. The average Bonchev–Trinajstić information content (AvgIpc) is 3.24. The standard InChI is InChI=1S/C18H16F2N2O3/c19-11-2-1-3-12(20)16(11)21-13(23)6-7-22-17(24)14-9-4-5-10(8-9)15(14)18(22)25/h1-5,9-10,14-15H,6-8H2,(H,21,23)/t9-,10-,14+,15+/m0/s1. The summed E-state index contributed by atoms with van der Waals surface area (Å²) in [4.78, 5) is 38.1. The zero-order valence-corrected chi connectivity index (χ0v) is 13.2. The zero-order chi connectivity index (χ0) is 17.7. The molecule has 1 saturated carbocycles. The number of fused-ring (bicyclic) bond motifs is 5. The lowest BCUT2D eigenvalue weighted by atomic mass is 9.85. The first-order chi connectivity index (χ1) is 12.0. The molecular formula is C18H16F2N2O3. The van der Waals surface area contributed by atoms with E-state index >= 15 is 0 Å². The smallest absolute Gasteiger partial charge is 0.233 e. The maximum Gasteiger partial charge on any atom is 0.233 e. The van der Waals surface area contributed by atoms with Gasteiger partial charge in [0.05, 0.1) is 11.8 Å². The van der Waals surface area contributed by atoms with Gasteiger partial charge in [-0.15, -0.1) is 0 Å². The number of allylic oxidation sites excluding steroid dienone is 2. The third kappa shape index (κ3) is 2.45. The molecule has 4 atom stereocenters. The number of likely N-dealkylation sites (tertiary alicyclic amines) is 1. The molecule has 5 nitrogen and oxygen atoms in total. The van der Waals surface area contributed by atoms with E-state index in [4.69, 9.17) is 0 Å². The third-order valence-electron chi connectivity index (χ3n) is 5.35. The van der Waals surface area contributed by atoms with Crippen LogP contribution in [-0.2, 0) is 14.4 Å². The van der Waals surface area contributed by atoms with Crippen molar-refractivity contribution in [3.8, 4) is 0 Å². The Balaban J connectivity index is 1.40. The summed E-state index contributed by atoms with van der Waals surface area (Å²) in [5.41, 5.74) is -0.523. The van der Waals surface area contributed by atoms with Gasteiger partial charge in [-0.2, -0.15) is 0 Å². The van der Waals surface area contributed by atoms with Gasteiger partial charge in [0.1, 0.15) is 17.3 Å². The van der Waals surface area contributed by atoms with Crippen LogP contribution in [0, 0.1) is 35.3 Å². The van der Waals surface area contributed by atoms with Gasteiger partial charge < -0.3 is 5.32 Å². The molecule has 130 valence electrons. The summed E-state index contributed by atoms with van der Waals surface area (Å²) in [6.45, 7) is -0.0774. The van der Waals surface area contributed by atoms with E-state index in [1.807, 2.05) is 12.2 Å². The summed E-state index contributed by atoms with van der Waals surface area (Å²) >= 11 is 0. The van der Waals surface area contributed by atoms with Crippen LogP contribution in [0.5, 0.6) is 0 Å². The molecule has 3 aliphatic rings. The van der Waals surface area contributed by atoms with Crippen molar-refractivity contribution in [1.29, 1.82) is 0 Å². The van der Waals surface area contributed by atoms with E-state index < -0.39 is 23.2 Å². The minimum atomic E-state index is -0.876. The van der Waals surface area contributed by atoms with E-state index in [0.717, 1.165) is 23.5 Å². The number of nitrogens with zero attached hydrogens (tertiary/aromatic N) is 1. The summed E-state index contributed by atoms with van der Waals surface area (Å²) in [6.07, 6.45) is 4.63. The lowest BCUT2D eigenvalue weighted by Gasteiger charge is -2.17. The van der Waals surface area contributed by atoms with Crippen LogP contribution in [0.1, 0.15) is 12.8 Å². The SMILES string of the molecule is O=C(CCN1C(=O)[C@H]2[C@H](C1=O)[C@H]1C=C[C@H]2C1)Nc1c(F)cccc1F. The highest BCUT2D eigenvalue weighted by Gasteiger charge is 2.58. The van der Waals surface area contributed by atoms with Gasteiger partial charge in [-0.3, -0.25) is 19.3 Å².